The molecular formula is C16H14ClNO4. The predicted octanol–water partition coefficient (Wildman–Crippen LogP) is 2.73. The maximum atomic E-state index is 12.3. The Bertz CT molecular complexity index is 688. The zero-order valence-corrected chi connectivity index (χ0v) is 12.5. The summed E-state index contributed by atoms with van der Waals surface area (Å²) in [5.41, 5.74) is 5.93. The Morgan fingerprint density at radius 3 is 2.41 bits per heavy atom. The fraction of sp³-hybridized carbons (Fsp3) is 0.125. The first-order valence-electron chi connectivity index (χ1n) is 6.41. The van der Waals surface area contributed by atoms with Gasteiger partial charge in [-0.3, -0.25) is 4.79 Å². The van der Waals surface area contributed by atoms with Crippen molar-refractivity contribution in [1.29, 1.82) is 0 Å². The summed E-state index contributed by atoms with van der Waals surface area (Å²) < 4.78 is 10.3. The number of hydrogen-bond donors (Lipinski definition) is 1. The molecule has 114 valence electrons. The van der Waals surface area contributed by atoms with Crippen LogP contribution in [0.25, 0.3) is 0 Å². The number of rotatable bonds is 5. The monoisotopic (exact) mass is 319 g/mol. The summed E-state index contributed by atoms with van der Waals surface area (Å²) in [6.07, 6.45) is -1.18. The van der Waals surface area contributed by atoms with Crippen molar-refractivity contribution in [3.8, 4) is 5.75 Å². The molecule has 1 unspecified atom stereocenters. The second-order valence-electron chi connectivity index (χ2n) is 4.44. The zero-order chi connectivity index (χ0) is 16.1. The molecule has 2 aromatic rings. The predicted molar refractivity (Wildman–Crippen MR) is 81.8 cm³/mol. The van der Waals surface area contributed by atoms with Crippen LogP contribution in [0.2, 0.25) is 5.02 Å². The van der Waals surface area contributed by atoms with E-state index in [4.69, 9.17) is 26.8 Å². The van der Waals surface area contributed by atoms with Crippen LogP contribution < -0.4 is 10.5 Å². The minimum Gasteiger partial charge on any atom is -0.496 e. The molecular weight excluding hydrogens is 306 g/mol. The van der Waals surface area contributed by atoms with Gasteiger partial charge in [0.25, 0.3) is 5.91 Å². The van der Waals surface area contributed by atoms with Crippen molar-refractivity contribution in [3.05, 3.63) is 64.7 Å². The molecule has 0 saturated heterocycles. The van der Waals surface area contributed by atoms with Crippen LogP contribution in [0.15, 0.2) is 48.5 Å². The van der Waals surface area contributed by atoms with Crippen LogP contribution in [0.4, 0.5) is 0 Å². The first-order chi connectivity index (χ1) is 10.5. The van der Waals surface area contributed by atoms with Crippen LogP contribution in [-0.2, 0) is 9.53 Å². The van der Waals surface area contributed by atoms with Gasteiger partial charge in [0, 0.05) is 10.6 Å². The highest BCUT2D eigenvalue weighted by Crippen LogP contribution is 2.26. The van der Waals surface area contributed by atoms with Crippen molar-refractivity contribution in [2.45, 2.75) is 6.10 Å². The van der Waals surface area contributed by atoms with Crippen LogP contribution in [0, 0.1) is 0 Å². The van der Waals surface area contributed by atoms with Crippen LogP contribution in [-0.4, -0.2) is 19.0 Å². The molecule has 0 aliphatic heterocycles. The summed E-state index contributed by atoms with van der Waals surface area (Å²) in [7, 11) is 1.42. The van der Waals surface area contributed by atoms with E-state index in [2.05, 4.69) is 0 Å². The van der Waals surface area contributed by atoms with Gasteiger partial charge in [-0.2, -0.15) is 0 Å². The molecule has 0 radical (unpaired) electrons. The summed E-state index contributed by atoms with van der Waals surface area (Å²) in [5.74, 6) is -1.21. The van der Waals surface area contributed by atoms with Crippen molar-refractivity contribution in [1.82, 2.24) is 0 Å². The topological polar surface area (TPSA) is 78.6 Å². The molecule has 0 spiro atoms. The van der Waals surface area contributed by atoms with E-state index in [-0.39, 0.29) is 5.56 Å². The number of ether oxygens (including phenoxy) is 2. The molecule has 2 rings (SSSR count). The normalized spacial score (nSPS) is 11.5. The minimum atomic E-state index is -1.18. The van der Waals surface area contributed by atoms with Gasteiger partial charge in [-0.05, 0) is 18.2 Å². The van der Waals surface area contributed by atoms with Crippen LogP contribution >= 0.6 is 11.6 Å². The summed E-state index contributed by atoms with van der Waals surface area (Å²) in [6, 6.07) is 13.1. The first-order valence-corrected chi connectivity index (χ1v) is 6.79. The van der Waals surface area contributed by atoms with Crippen LogP contribution in [0.3, 0.4) is 0 Å². The lowest BCUT2D eigenvalue weighted by Crippen LogP contribution is -2.26. The lowest BCUT2D eigenvalue weighted by molar-refractivity contribution is -0.127. The molecule has 2 aromatic carbocycles. The van der Waals surface area contributed by atoms with E-state index < -0.39 is 18.0 Å². The molecule has 0 bridgehead atoms. The van der Waals surface area contributed by atoms with Crippen molar-refractivity contribution >= 4 is 23.5 Å². The summed E-state index contributed by atoms with van der Waals surface area (Å²) in [5, 5.41) is 0.350. The third kappa shape index (κ3) is 3.56. The van der Waals surface area contributed by atoms with Crippen molar-refractivity contribution < 1.29 is 19.1 Å². The highest BCUT2D eigenvalue weighted by molar-refractivity contribution is 6.31. The number of benzene rings is 2. The molecule has 0 saturated carbocycles. The Balaban J connectivity index is 2.30. The molecule has 1 amide bonds. The third-order valence-electron chi connectivity index (χ3n) is 2.97. The van der Waals surface area contributed by atoms with Crippen molar-refractivity contribution in [2.24, 2.45) is 5.73 Å². The quantitative estimate of drug-likeness (QED) is 0.859. The Hall–Kier alpha value is -2.53. The van der Waals surface area contributed by atoms with Gasteiger partial charge in [0.15, 0.2) is 0 Å². The molecule has 0 fully saturated rings. The minimum absolute atomic E-state index is 0.122. The van der Waals surface area contributed by atoms with E-state index in [0.717, 1.165) is 0 Å². The van der Waals surface area contributed by atoms with Crippen LogP contribution in [0.5, 0.6) is 5.75 Å². The number of primary amides is 1. The number of carbonyl (C=O) groups excluding carboxylic acids is 2. The van der Waals surface area contributed by atoms with E-state index >= 15 is 0 Å². The standard InChI is InChI=1S/C16H14ClNO4/c1-21-13-8-7-11(17)9-12(13)16(20)22-14(15(18)19)10-5-3-2-4-6-10/h2-9,14H,1H3,(H2,18,19). The average molecular weight is 320 g/mol. The Morgan fingerprint density at radius 2 is 1.82 bits per heavy atom. The smallest absolute Gasteiger partial charge is 0.343 e. The second-order valence-corrected chi connectivity index (χ2v) is 4.88. The molecule has 5 nitrogen and oxygen atoms in total. The Morgan fingerprint density at radius 1 is 1.14 bits per heavy atom. The van der Waals surface area contributed by atoms with Crippen molar-refractivity contribution in [3.63, 3.8) is 0 Å². The zero-order valence-electron chi connectivity index (χ0n) is 11.8. The number of methoxy groups -OCH3 is 1. The maximum absolute atomic E-state index is 12.3. The fourth-order valence-corrected chi connectivity index (χ4v) is 2.10. The highest BCUT2D eigenvalue weighted by Gasteiger charge is 2.25. The van der Waals surface area contributed by atoms with Gasteiger partial charge in [0.2, 0.25) is 6.10 Å². The first kappa shape index (κ1) is 15.9. The van der Waals surface area contributed by atoms with E-state index in [1.807, 2.05) is 0 Å². The van der Waals surface area contributed by atoms with Crippen LogP contribution in [0.1, 0.15) is 22.0 Å². The van der Waals surface area contributed by atoms with Gasteiger partial charge in [-0.1, -0.05) is 41.9 Å². The van der Waals surface area contributed by atoms with E-state index in [1.165, 1.54) is 13.2 Å². The van der Waals surface area contributed by atoms with E-state index in [9.17, 15) is 9.59 Å². The average Bonchev–Trinajstić information content (AvgIpc) is 2.52. The Labute approximate surface area is 132 Å². The lowest BCUT2D eigenvalue weighted by atomic mass is 10.1. The molecule has 0 heterocycles. The SMILES string of the molecule is COc1ccc(Cl)cc1C(=O)OC(C(N)=O)c1ccccc1. The number of halogens is 1. The number of amides is 1. The molecule has 2 N–H and O–H groups in total. The molecule has 0 aromatic heterocycles. The molecule has 0 aliphatic carbocycles. The molecule has 22 heavy (non-hydrogen) atoms. The van der Waals surface area contributed by atoms with Gasteiger partial charge >= 0.3 is 5.97 Å². The molecule has 1 atom stereocenters. The van der Waals surface area contributed by atoms with E-state index in [1.54, 1.807) is 42.5 Å². The number of esters is 1. The second kappa shape index (κ2) is 6.95. The van der Waals surface area contributed by atoms with Gasteiger partial charge < -0.3 is 15.2 Å². The lowest BCUT2D eigenvalue weighted by Gasteiger charge is -2.16. The Kier molecular flexibility index (Phi) is 5.01. The van der Waals surface area contributed by atoms with Gasteiger partial charge in [-0.15, -0.1) is 0 Å². The van der Waals surface area contributed by atoms with Gasteiger partial charge in [0.05, 0.1) is 7.11 Å². The van der Waals surface area contributed by atoms with Gasteiger partial charge in [-0.25, -0.2) is 4.79 Å². The third-order valence-corrected chi connectivity index (χ3v) is 3.20. The highest BCUT2D eigenvalue weighted by atomic mass is 35.5. The van der Waals surface area contributed by atoms with Gasteiger partial charge in [0.1, 0.15) is 11.3 Å². The fourth-order valence-electron chi connectivity index (χ4n) is 1.93. The molecule has 0 aliphatic rings. The van der Waals surface area contributed by atoms with Crippen molar-refractivity contribution in [2.75, 3.05) is 7.11 Å². The number of nitrogens with two attached hydrogens (primary N) is 1. The summed E-state index contributed by atoms with van der Waals surface area (Å²) in [4.78, 5) is 23.9. The maximum Gasteiger partial charge on any atom is 0.343 e. The molecule has 6 heteroatoms. The van der Waals surface area contributed by atoms with E-state index in [0.29, 0.717) is 16.3 Å². The summed E-state index contributed by atoms with van der Waals surface area (Å²) in [6.45, 7) is 0. The largest absolute Gasteiger partial charge is 0.496 e. The summed E-state index contributed by atoms with van der Waals surface area (Å²) >= 11 is 5.88. The number of carbonyl (C=O) groups is 2. The number of hydrogen-bond acceptors (Lipinski definition) is 4.